The molecule has 12 aromatic rings. The first-order valence-corrected chi connectivity index (χ1v) is 20.9. The average Bonchev–Trinajstić information content (AvgIpc) is 3.91. The van der Waals surface area contributed by atoms with Gasteiger partial charge in [-0.25, -0.2) is 15.0 Å². The smallest absolute Gasteiger partial charge is 0.164 e. The zero-order valence-corrected chi connectivity index (χ0v) is 33.5. The van der Waals surface area contributed by atoms with Gasteiger partial charge in [0.25, 0.3) is 0 Å². The normalized spacial score (nSPS) is 11.5. The van der Waals surface area contributed by atoms with Gasteiger partial charge in [0.2, 0.25) is 0 Å². The molecule has 0 unspecified atom stereocenters. The van der Waals surface area contributed by atoms with E-state index in [2.05, 4.69) is 187 Å². The van der Waals surface area contributed by atoms with Gasteiger partial charge in [-0.15, -0.1) is 0 Å². The second-order valence-corrected chi connectivity index (χ2v) is 15.5. The van der Waals surface area contributed by atoms with Gasteiger partial charge in [-0.3, -0.25) is 0 Å². The summed E-state index contributed by atoms with van der Waals surface area (Å²) in [4.78, 5) is 15.7. The Morgan fingerprint density at radius 3 is 1.56 bits per heavy atom. The third kappa shape index (κ3) is 5.90. The maximum atomic E-state index is 6.81. The fourth-order valence-corrected chi connectivity index (χ4v) is 9.09. The van der Waals surface area contributed by atoms with Gasteiger partial charge in [0.15, 0.2) is 17.5 Å². The van der Waals surface area contributed by atoms with Gasteiger partial charge in [0.05, 0.1) is 16.4 Å². The number of hydrogen-bond acceptors (Lipinski definition) is 4. The summed E-state index contributed by atoms with van der Waals surface area (Å²) in [5, 5.41) is 4.45. The molecule has 0 aliphatic carbocycles. The Morgan fingerprint density at radius 2 is 0.871 bits per heavy atom. The molecular weight excluding hydrogens is 757 g/mol. The van der Waals surface area contributed by atoms with Crippen molar-refractivity contribution in [3.05, 3.63) is 218 Å². The highest BCUT2D eigenvalue weighted by molar-refractivity contribution is 6.27. The molecule has 62 heavy (non-hydrogen) atoms. The third-order valence-corrected chi connectivity index (χ3v) is 11.9. The van der Waals surface area contributed by atoms with Crippen molar-refractivity contribution in [2.24, 2.45) is 0 Å². The van der Waals surface area contributed by atoms with Crippen LogP contribution in [0.1, 0.15) is 0 Å². The molecule has 0 N–H and O–H groups in total. The van der Waals surface area contributed by atoms with E-state index in [0.29, 0.717) is 17.5 Å². The number of furan rings is 1. The van der Waals surface area contributed by atoms with Crippen molar-refractivity contribution in [2.45, 2.75) is 0 Å². The molecule has 12 rings (SSSR count). The highest BCUT2D eigenvalue weighted by Crippen LogP contribution is 2.46. The summed E-state index contributed by atoms with van der Waals surface area (Å²) in [6, 6.07) is 76.2. The van der Waals surface area contributed by atoms with Crippen molar-refractivity contribution in [1.29, 1.82) is 0 Å². The molecule has 3 aromatic heterocycles. The first-order valence-electron chi connectivity index (χ1n) is 20.9. The van der Waals surface area contributed by atoms with E-state index < -0.39 is 0 Å². The van der Waals surface area contributed by atoms with Gasteiger partial charge < -0.3 is 8.98 Å². The Morgan fingerprint density at radius 1 is 0.323 bits per heavy atom. The highest BCUT2D eigenvalue weighted by atomic mass is 16.3. The van der Waals surface area contributed by atoms with Crippen molar-refractivity contribution < 1.29 is 4.42 Å². The van der Waals surface area contributed by atoms with E-state index in [0.717, 1.165) is 88.7 Å². The summed E-state index contributed by atoms with van der Waals surface area (Å²) in [5.41, 5.74) is 14.2. The molecule has 0 radical (unpaired) electrons. The second kappa shape index (κ2) is 14.7. The lowest BCUT2D eigenvalue weighted by atomic mass is 9.89. The number of benzene rings is 9. The molecule has 0 spiro atoms. The summed E-state index contributed by atoms with van der Waals surface area (Å²) in [6.45, 7) is 0. The number of aromatic nitrogens is 4. The Kier molecular flexibility index (Phi) is 8.42. The molecule has 0 saturated carbocycles. The van der Waals surface area contributed by atoms with Crippen LogP contribution < -0.4 is 0 Å². The lowest BCUT2D eigenvalue weighted by Crippen LogP contribution is -2.01. The van der Waals surface area contributed by atoms with Crippen LogP contribution in [-0.2, 0) is 0 Å². The Bertz CT molecular complexity index is 3560. The lowest BCUT2D eigenvalue weighted by molar-refractivity contribution is 0.669. The minimum atomic E-state index is 0.583. The predicted octanol–water partition coefficient (Wildman–Crippen LogP) is 14.9. The first kappa shape index (κ1) is 35.5. The molecule has 3 heterocycles. The molecule has 9 aromatic carbocycles. The van der Waals surface area contributed by atoms with E-state index in [-0.39, 0.29) is 0 Å². The summed E-state index contributed by atoms with van der Waals surface area (Å²) in [6.07, 6.45) is 0. The predicted molar refractivity (Wildman–Crippen MR) is 254 cm³/mol. The fraction of sp³-hybridized carbons (Fsp3) is 0. The van der Waals surface area contributed by atoms with E-state index >= 15 is 0 Å². The molecule has 0 saturated heterocycles. The topological polar surface area (TPSA) is 56.7 Å². The molecule has 5 heteroatoms. The molecule has 0 atom stereocenters. The maximum Gasteiger partial charge on any atom is 0.164 e. The zero-order chi connectivity index (χ0) is 41.0. The van der Waals surface area contributed by atoms with Crippen LogP contribution in [0.5, 0.6) is 0 Å². The van der Waals surface area contributed by atoms with Gasteiger partial charge in [-0.1, -0.05) is 176 Å². The van der Waals surface area contributed by atoms with Crippen LogP contribution in [-0.4, -0.2) is 19.5 Å². The number of fused-ring (bicyclic) bond motifs is 7. The van der Waals surface area contributed by atoms with Gasteiger partial charge in [-0.2, -0.15) is 0 Å². The number of hydrogen-bond donors (Lipinski definition) is 0. The quantitative estimate of drug-likeness (QED) is 0.161. The van der Waals surface area contributed by atoms with E-state index in [1.807, 2.05) is 36.4 Å². The van der Waals surface area contributed by atoms with Crippen LogP contribution >= 0.6 is 0 Å². The SMILES string of the molecule is c1ccc(-c2nc(-c3ccccc3)nc(-c3cc(-c4ccccc4-c4ccccc4)ccc3-c3cccc4oc5ccc6c7ccccc7n(-c7ccccc7)c6c5c34)n2)cc1. The van der Waals surface area contributed by atoms with Gasteiger partial charge in [-0.05, 0) is 75.8 Å². The van der Waals surface area contributed by atoms with E-state index in [1.54, 1.807) is 0 Å². The zero-order valence-electron chi connectivity index (χ0n) is 33.5. The first-order chi connectivity index (χ1) is 30.8. The van der Waals surface area contributed by atoms with Gasteiger partial charge in [0, 0.05) is 38.5 Å². The Labute approximate surface area is 357 Å². The number of para-hydroxylation sites is 2. The van der Waals surface area contributed by atoms with Crippen LogP contribution in [0.2, 0.25) is 0 Å². The standard InChI is InChI=1S/C57H36N4O/c1-5-18-37(19-6-1)42-26-13-14-27-43(42)40-32-33-44(48(36-40)57-59-55(38-20-7-2-8-21-38)58-56(60-57)39-22-9-3-10-23-39)46-29-17-31-50-52(46)53-51(62-50)35-34-47-45-28-15-16-30-49(45)61(54(47)53)41-24-11-4-12-25-41/h1-36H. The minimum absolute atomic E-state index is 0.583. The van der Waals surface area contributed by atoms with Crippen LogP contribution in [0, 0.1) is 0 Å². The second-order valence-electron chi connectivity index (χ2n) is 15.5. The van der Waals surface area contributed by atoms with Gasteiger partial charge >= 0.3 is 0 Å². The van der Waals surface area contributed by atoms with E-state index in [9.17, 15) is 0 Å². The number of nitrogens with zero attached hydrogens (tertiary/aromatic N) is 4. The minimum Gasteiger partial charge on any atom is -0.456 e. The van der Waals surface area contributed by atoms with Crippen LogP contribution in [0.25, 0.3) is 117 Å². The summed E-state index contributed by atoms with van der Waals surface area (Å²) in [7, 11) is 0. The fourth-order valence-electron chi connectivity index (χ4n) is 9.09. The average molecular weight is 793 g/mol. The molecule has 0 aliphatic rings. The van der Waals surface area contributed by atoms with Crippen molar-refractivity contribution in [2.75, 3.05) is 0 Å². The third-order valence-electron chi connectivity index (χ3n) is 11.9. The van der Waals surface area contributed by atoms with Crippen molar-refractivity contribution in [3.63, 3.8) is 0 Å². The largest absolute Gasteiger partial charge is 0.456 e. The van der Waals surface area contributed by atoms with Crippen LogP contribution in [0.3, 0.4) is 0 Å². The summed E-state index contributed by atoms with van der Waals surface area (Å²) in [5.74, 6) is 1.80. The molecule has 5 nitrogen and oxygen atoms in total. The number of rotatable bonds is 7. The maximum absolute atomic E-state index is 6.81. The highest BCUT2D eigenvalue weighted by Gasteiger charge is 2.24. The lowest BCUT2D eigenvalue weighted by Gasteiger charge is -2.16. The van der Waals surface area contributed by atoms with Crippen molar-refractivity contribution in [1.82, 2.24) is 19.5 Å². The summed E-state index contributed by atoms with van der Waals surface area (Å²) < 4.78 is 9.19. The van der Waals surface area contributed by atoms with Crippen molar-refractivity contribution >= 4 is 43.7 Å². The molecule has 0 aliphatic heterocycles. The Hall–Kier alpha value is -8.41. The van der Waals surface area contributed by atoms with Crippen molar-refractivity contribution in [3.8, 4) is 73.2 Å². The van der Waals surface area contributed by atoms with E-state index in [4.69, 9.17) is 19.4 Å². The molecule has 290 valence electrons. The molecule has 0 amide bonds. The monoisotopic (exact) mass is 792 g/mol. The van der Waals surface area contributed by atoms with Crippen LogP contribution in [0.15, 0.2) is 223 Å². The van der Waals surface area contributed by atoms with Crippen LogP contribution in [0.4, 0.5) is 0 Å². The molecule has 0 fully saturated rings. The van der Waals surface area contributed by atoms with E-state index in [1.165, 1.54) is 10.8 Å². The summed E-state index contributed by atoms with van der Waals surface area (Å²) >= 11 is 0. The van der Waals surface area contributed by atoms with Gasteiger partial charge in [0.1, 0.15) is 11.2 Å². The molecule has 0 bridgehead atoms. The molecular formula is C57H36N4O. The Balaban J connectivity index is 1.19.